The van der Waals surface area contributed by atoms with E-state index in [-0.39, 0.29) is 23.3 Å². The number of nitrogens with one attached hydrogen (secondary N) is 1. The zero-order valence-electron chi connectivity index (χ0n) is 16.1. The van der Waals surface area contributed by atoms with E-state index in [0.29, 0.717) is 26.3 Å². The van der Waals surface area contributed by atoms with Crippen molar-refractivity contribution in [2.75, 3.05) is 11.5 Å². The average Bonchev–Trinajstić information content (AvgIpc) is 2.89. The van der Waals surface area contributed by atoms with Gasteiger partial charge in [-0.2, -0.15) is 5.26 Å². The Morgan fingerprint density at radius 1 is 1.14 bits per heavy atom. The van der Waals surface area contributed by atoms with Crippen LogP contribution in [0.4, 0.5) is 11.5 Å². The highest BCUT2D eigenvalue weighted by atomic mass is 32.1. The summed E-state index contributed by atoms with van der Waals surface area (Å²) in [6, 6.07) is 11.8. The first kappa shape index (κ1) is 19.2. The largest absolute Gasteiger partial charge is 0.397 e. The number of anilines is 2. The van der Waals surface area contributed by atoms with Gasteiger partial charge >= 0.3 is 0 Å². The Morgan fingerprint density at radius 3 is 2.48 bits per heavy atom. The van der Waals surface area contributed by atoms with Crippen LogP contribution in [0.15, 0.2) is 30.3 Å². The third-order valence-corrected chi connectivity index (χ3v) is 6.57. The molecular weight excluding hydrogens is 382 g/mol. The summed E-state index contributed by atoms with van der Waals surface area (Å²) in [5.41, 5.74) is 14.6. The summed E-state index contributed by atoms with van der Waals surface area (Å²) >= 11 is 1.23. The zero-order chi connectivity index (χ0) is 20.4. The molecule has 1 fully saturated rings. The van der Waals surface area contributed by atoms with Gasteiger partial charge in [0.05, 0.1) is 5.69 Å². The predicted octanol–water partition coefficient (Wildman–Crippen LogP) is 4.45. The van der Waals surface area contributed by atoms with E-state index in [9.17, 15) is 10.1 Å². The molecular formula is C22H23N5OS. The lowest BCUT2D eigenvalue weighted by Crippen LogP contribution is -2.34. The summed E-state index contributed by atoms with van der Waals surface area (Å²) in [5, 5.41) is 13.5. The summed E-state index contributed by atoms with van der Waals surface area (Å²) in [6.07, 6.45) is 6.70. The maximum atomic E-state index is 13.0. The molecule has 0 aliphatic heterocycles. The minimum atomic E-state index is -0.173. The number of nitrogens with zero attached hydrogens (tertiary/aromatic N) is 2. The molecule has 1 aromatic carbocycles. The first-order chi connectivity index (χ1) is 14.1. The number of rotatable bonds is 3. The van der Waals surface area contributed by atoms with E-state index in [1.807, 2.05) is 30.3 Å². The van der Waals surface area contributed by atoms with Gasteiger partial charge in [-0.3, -0.25) is 4.79 Å². The van der Waals surface area contributed by atoms with Gasteiger partial charge in [0, 0.05) is 17.0 Å². The molecule has 6 nitrogen and oxygen atoms in total. The molecule has 7 heteroatoms. The van der Waals surface area contributed by atoms with E-state index in [1.54, 1.807) is 0 Å². The van der Waals surface area contributed by atoms with E-state index >= 15 is 0 Å². The Hall–Kier alpha value is -3.11. The van der Waals surface area contributed by atoms with Gasteiger partial charge in [-0.05, 0) is 18.4 Å². The minimum Gasteiger partial charge on any atom is -0.397 e. The summed E-state index contributed by atoms with van der Waals surface area (Å²) in [6.45, 7) is 0. The van der Waals surface area contributed by atoms with Crippen molar-refractivity contribution in [3.05, 3.63) is 40.8 Å². The van der Waals surface area contributed by atoms with Gasteiger partial charge in [0.2, 0.25) is 0 Å². The Balaban J connectivity index is 1.81. The number of nitriles is 1. The number of amides is 1. The molecule has 1 aliphatic carbocycles. The summed E-state index contributed by atoms with van der Waals surface area (Å²) < 4.78 is 0. The minimum absolute atomic E-state index is 0.149. The molecule has 2 aromatic heterocycles. The summed E-state index contributed by atoms with van der Waals surface area (Å²) in [4.78, 5) is 18.4. The van der Waals surface area contributed by atoms with Gasteiger partial charge in [0.15, 0.2) is 0 Å². The first-order valence-corrected chi connectivity index (χ1v) is 10.7. The molecule has 0 unspecified atom stereocenters. The van der Waals surface area contributed by atoms with E-state index < -0.39 is 0 Å². The molecule has 5 N–H and O–H groups in total. The molecule has 3 aromatic rings. The number of aromatic nitrogens is 1. The van der Waals surface area contributed by atoms with Gasteiger partial charge in [-0.1, -0.05) is 56.0 Å². The van der Waals surface area contributed by atoms with Gasteiger partial charge in [0.25, 0.3) is 5.91 Å². The van der Waals surface area contributed by atoms with Crippen LogP contribution in [0.5, 0.6) is 0 Å². The maximum absolute atomic E-state index is 13.0. The molecule has 0 spiro atoms. The van der Waals surface area contributed by atoms with Crippen LogP contribution in [-0.4, -0.2) is 16.9 Å². The molecule has 1 aliphatic rings. The standard InChI is InChI=1S/C22H23N5OS/c23-12-15-16(13-8-4-3-5-9-13)17-18(24)19(29-22(17)27-20(15)25)21(28)26-14-10-6-1-2-7-11-14/h3-5,8-9,14H,1-2,6-7,10-11,24H2,(H2,25,27)(H,26,28). The van der Waals surface area contributed by atoms with Crippen LogP contribution in [0.25, 0.3) is 21.3 Å². The second-order valence-corrected chi connectivity index (χ2v) is 8.41. The summed E-state index contributed by atoms with van der Waals surface area (Å²) in [5.74, 6) is -0.0238. The molecule has 4 rings (SSSR count). The van der Waals surface area contributed by atoms with Crippen molar-refractivity contribution < 1.29 is 4.79 Å². The highest BCUT2D eigenvalue weighted by Crippen LogP contribution is 2.42. The monoisotopic (exact) mass is 405 g/mol. The van der Waals surface area contributed by atoms with E-state index in [0.717, 1.165) is 31.2 Å². The number of carbonyl (C=O) groups excluding carboxylic acids is 1. The van der Waals surface area contributed by atoms with E-state index in [2.05, 4.69) is 16.4 Å². The van der Waals surface area contributed by atoms with Crippen LogP contribution in [0.1, 0.15) is 53.8 Å². The number of pyridine rings is 1. The van der Waals surface area contributed by atoms with Crippen LogP contribution < -0.4 is 16.8 Å². The van der Waals surface area contributed by atoms with Crippen LogP contribution in [0.2, 0.25) is 0 Å². The number of nitrogens with two attached hydrogens (primary N) is 2. The van der Waals surface area contributed by atoms with Gasteiger partial charge in [-0.15, -0.1) is 11.3 Å². The molecule has 0 bridgehead atoms. The van der Waals surface area contributed by atoms with Crippen LogP contribution in [0.3, 0.4) is 0 Å². The second-order valence-electron chi connectivity index (χ2n) is 7.41. The van der Waals surface area contributed by atoms with Crippen LogP contribution in [0, 0.1) is 11.3 Å². The molecule has 0 atom stereocenters. The molecule has 1 saturated carbocycles. The fraction of sp³-hybridized carbons (Fsp3) is 0.318. The molecule has 148 valence electrons. The quantitative estimate of drug-likeness (QED) is 0.556. The SMILES string of the molecule is N#Cc1c(N)nc2sc(C(=O)NC3CCCCCC3)c(N)c2c1-c1ccccc1. The van der Waals surface area contributed by atoms with E-state index in [4.69, 9.17) is 11.5 Å². The van der Waals surface area contributed by atoms with E-state index in [1.165, 1.54) is 24.2 Å². The Morgan fingerprint density at radius 2 is 1.83 bits per heavy atom. The maximum Gasteiger partial charge on any atom is 0.263 e. The number of benzene rings is 1. The van der Waals surface area contributed by atoms with Gasteiger partial charge < -0.3 is 16.8 Å². The van der Waals surface area contributed by atoms with Crippen LogP contribution in [-0.2, 0) is 0 Å². The van der Waals surface area contributed by atoms with Crippen molar-refractivity contribution >= 4 is 39.0 Å². The Bertz CT molecular complexity index is 1090. The second kappa shape index (κ2) is 8.10. The average molecular weight is 406 g/mol. The third kappa shape index (κ3) is 3.64. The molecule has 0 saturated heterocycles. The lowest BCUT2D eigenvalue weighted by molar-refractivity contribution is 0.0938. The van der Waals surface area contributed by atoms with Crippen molar-refractivity contribution in [2.24, 2.45) is 0 Å². The highest BCUT2D eigenvalue weighted by Gasteiger charge is 2.25. The lowest BCUT2D eigenvalue weighted by Gasteiger charge is -2.15. The van der Waals surface area contributed by atoms with Crippen molar-refractivity contribution in [3.63, 3.8) is 0 Å². The normalized spacial score (nSPS) is 15.0. The molecule has 1 amide bonds. The third-order valence-electron chi connectivity index (χ3n) is 5.48. The van der Waals surface area contributed by atoms with Crippen LogP contribution >= 0.6 is 11.3 Å². The number of hydrogen-bond donors (Lipinski definition) is 3. The zero-order valence-corrected chi connectivity index (χ0v) is 16.9. The smallest absolute Gasteiger partial charge is 0.263 e. The molecule has 29 heavy (non-hydrogen) atoms. The number of thiophene rings is 1. The fourth-order valence-corrected chi connectivity index (χ4v) is 5.04. The molecule has 2 heterocycles. The number of fused-ring (bicyclic) bond motifs is 1. The first-order valence-electron chi connectivity index (χ1n) is 9.88. The molecule has 0 radical (unpaired) electrons. The van der Waals surface area contributed by atoms with Gasteiger partial charge in [0.1, 0.15) is 27.2 Å². The topological polar surface area (TPSA) is 118 Å². The Labute approximate surface area is 173 Å². The van der Waals surface area contributed by atoms with Crippen molar-refractivity contribution in [3.8, 4) is 17.2 Å². The lowest BCUT2D eigenvalue weighted by atomic mass is 9.97. The predicted molar refractivity (Wildman–Crippen MR) is 118 cm³/mol. The van der Waals surface area contributed by atoms with Crippen molar-refractivity contribution in [1.29, 1.82) is 5.26 Å². The number of nitrogen functional groups attached to an aromatic ring is 2. The van der Waals surface area contributed by atoms with Crippen molar-refractivity contribution in [2.45, 2.75) is 44.6 Å². The highest BCUT2D eigenvalue weighted by molar-refractivity contribution is 7.21. The number of carbonyl (C=O) groups is 1. The fourth-order valence-electron chi connectivity index (χ4n) is 4.02. The number of hydrogen-bond acceptors (Lipinski definition) is 6. The summed E-state index contributed by atoms with van der Waals surface area (Å²) in [7, 11) is 0. The van der Waals surface area contributed by atoms with Crippen molar-refractivity contribution in [1.82, 2.24) is 10.3 Å². The Kier molecular flexibility index (Phi) is 5.36. The van der Waals surface area contributed by atoms with Gasteiger partial charge in [-0.25, -0.2) is 4.98 Å².